The number of hydrogen-bond acceptors (Lipinski definition) is 5. The van der Waals surface area contributed by atoms with Gasteiger partial charge in [-0.2, -0.15) is 0 Å². The monoisotopic (exact) mass is 424 g/mol. The highest BCUT2D eigenvalue weighted by atomic mass is 16.2. The number of anilines is 1. The Morgan fingerprint density at radius 3 is 2.65 bits per heavy atom. The summed E-state index contributed by atoms with van der Waals surface area (Å²) >= 11 is 0. The van der Waals surface area contributed by atoms with Gasteiger partial charge >= 0.3 is 0 Å². The van der Waals surface area contributed by atoms with Crippen LogP contribution in [0.2, 0.25) is 0 Å². The van der Waals surface area contributed by atoms with Gasteiger partial charge in [0.15, 0.2) is 0 Å². The van der Waals surface area contributed by atoms with Crippen LogP contribution in [0, 0.1) is 0 Å². The molecule has 9 nitrogen and oxygen atoms in total. The number of imidazole rings is 1. The van der Waals surface area contributed by atoms with Crippen molar-refractivity contribution in [1.82, 2.24) is 24.7 Å². The molecule has 1 aromatic carbocycles. The number of rotatable bonds is 9. The first-order valence-electron chi connectivity index (χ1n) is 10.3. The molecule has 0 saturated carbocycles. The SMILES string of the molecule is C=CCNC(=O)CN1CCN(C(=O)c2cccc(NC(=O)CCn3ccnc3)c2)CC1. The fraction of sp³-hybridized carbons (Fsp3) is 0.364. The quantitative estimate of drug-likeness (QED) is 0.585. The predicted octanol–water partition coefficient (Wildman–Crippen LogP) is 0.972. The van der Waals surface area contributed by atoms with E-state index in [9.17, 15) is 14.4 Å². The number of carbonyl (C=O) groups excluding carboxylic acids is 3. The molecule has 164 valence electrons. The zero-order valence-corrected chi connectivity index (χ0v) is 17.5. The second kappa shape index (κ2) is 11.1. The number of nitrogens with one attached hydrogen (secondary N) is 2. The van der Waals surface area contributed by atoms with E-state index in [1.54, 1.807) is 54.0 Å². The molecule has 2 aromatic rings. The number of piperazine rings is 1. The molecule has 0 radical (unpaired) electrons. The Morgan fingerprint density at radius 1 is 1.13 bits per heavy atom. The van der Waals surface area contributed by atoms with Gasteiger partial charge in [0.2, 0.25) is 11.8 Å². The molecule has 1 aromatic heterocycles. The van der Waals surface area contributed by atoms with Crippen molar-refractivity contribution < 1.29 is 14.4 Å². The third kappa shape index (κ3) is 6.78. The number of nitrogens with zero attached hydrogens (tertiary/aromatic N) is 4. The molecule has 31 heavy (non-hydrogen) atoms. The molecule has 0 bridgehead atoms. The Morgan fingerprint density at radius 2 is 1.94 bits per heavy atom. The van der Waals surface area contributed by atoms with Gasteiger partial charge in [-0.25, -0.2) is 4.98 Å². The Kier molecular flexibility index (Phi) is 7.94. The average molecular weight is 425 g/mol. The molecule has 2 heterocycles. The molecule has 0 spiro atoms. The van der Waals surface area contributed by atoms with Crippen LogP contribution in [0.4, 0.5) is 5.69 Å². The Bertz CT molecular complexity index is 904. The van der Waals surface area contributed by atoms with Crippen molar-refractivity contribution in [1.29, 1.82) is 0 Å². The summed E-state index contributed by atoms with van der Waals surface area (Å²) in [5.41, 5.74) is 1.13. The number of benzene rings is 1. The lowest BCUT2D eigenvalue weighted by Crippen LogP contribution is -2.51. The molecule has 0 aliphatic carbocycles. The third-order valence-corrected chi connectivity index (χ3v) is 5.02. The molecular formula is C22H28N6O3. The Hall–Kier alpha value is -3.46. The smallest absolute Gasteiger partial charge is 0.254 e. The van der Waals surface area contributed by atoms with Crippen LogP contribution in [-0.4, -0.2) is 76.3 Å². The van der Waals surface area contributed by atoms with Gasteiger partial charge in [0, 0.05) is 69.3 Å². The van der Waals surface area contributed by atoms with E-state index in [0.717, 1.165) is 0 Å². The summed E-state index contributed by atoms with van der Waals surface area (Å²) in [6.45, 7) is 7.27. The molecular weight excluding hydrogens is 396 g/mol. The fourth-order valence-corrected chi connectivity index (χ4v) is 3.34. The second-order valence-corrected chi connectivity index (χ2v) is 7.34. The summed E-state index contributed by atoms with van der Waals surface area (Å²) in [7, 11) is 0. The van der Waals surface area contributed by atoms with Crippen LogP contribution in [0.25, 0.3) is 0 Å². The van der Waals surface area contributed by atoms with Crippen molar-refractivity contribution >= 4 is 23.4 Å². The van der Waals surface area contributed by atoms with Gasteiger partial charge in [0.05, 0.1) is 12.9 Å². The molecule has 3 amide bonds. The highest BCUT2D eigenvalue weighted by Gasteiger charge is 2.23. The number of aryl methyl sites for hydroxylation is 1. The molecule has 0 unspecified atom stereocenters. The van der Waals surface area contributed by atoms with Gasteiger partial charge in [-0.3, -0.25) is 19.3 Å². The van der Waals surface area contributed by atoms with Crippen molar-refractivity contribution in [2.24, 2.45) is 0 Å². The highest BCUT2D eigenvalue weighted by molar-refractivity contribution is 5.97. The number of amides is 3. The van der Waals surface area contributed by atoms with E-state index in [1.165, 1.54) is 0 Å². The first-order chi connectivity index (χ1) is 15.0. The maximum Gasteiger partial charge on any atom is 0.254 e. The first-order valence-corrected chi connectivity index (χ1v) is 10.3. The second-order valence-electron chi connectivity index (χ2n) is 7.34. The Balaban J connectivity index is 1.48. The van der Waals surface area contributed by atoms with E-state index >= 15 is 0 Å². The number of carbonyl (C=O) groups is 3. The molecule has 1 saturated heterocycles. The third-order valence-electron chi connectivity index (χ3n) is 5.02. The summed E-state index contributed by atoms with van der Waals surface area (Å²) in [6.07, 6.45) is 7.10. The molecule has 9 heteroatoms. The summed E-state index contributed by atoms with van der Waals surface area (Å²) in [6, 6.07) is 6.98. The van der Waals surface area contributed by atoms with Crippen molar-refractivity contribution in [3.05, 3.63) is 61.2 Å². The van der Waals surface area contributed by atoms with Crippen LogP contribution in [0.3, 0.4) is 0 Å². The van der Waals surface area contributed by atoms with E-state index in [2.05, 4.69) is 22.2 Å². The molecule has 1 fully saturated rings. The summed E-state index contributed by atoms with van der Waals surface area (Å²) in [4.78, 5) is 44.7. The van der Waals surface area contributed by atoms with Gasteiger partial charge in [-0.1, -0.05) is 12.1 Å². The maximum absolute atomic E-state index is 12.9. The molecule has 2 N–H and O–H groups in total. The average Bonchev–Trinajstić information content (AvgIpc) is 3.30. The topological polar surface area (TPSA) is 99.6 Å². The molecule has 0 atom stereocenters. The maximum atomic E-state index is 12.9. The van der Waals surface area contributed by atoms with Gasteiger partial charge in [-0.05, 0) is 18.2 Å². The van der Waals surface area contributed by atoms with Crippen LogP contribution < -0.4 is 10.6 Å². The van der Waals surface area contributed by atoms with Crippen LogP contribution in [0.15, 0.2) is 55.6 Å². The number of hydrogen-bond donors (Lipinski definition) is 2. The van der Waals surface area contributed by atoms with Crippen molar-refractivity contribution in [3.8, 4) is 0 Å². The lowest BCUT2D eigenvalue weighted by molar-refractivity contribution is -0.122. The highest BCUT2D eigenvalue weighted by Crippen LogP contribution is 2.15. The number of aromatic nitrogens is 2. The minimum Gasteiger partial charge on any atom is -0.352 e. The van der Waals surface area contributed by atoms with E-state index < -0.39 is 0 Å². The largest absolute Gasteiger partial charge is 0.352 e. The molecule has 3 rings (SSSR count). The fourth-order valence-electron chi connectivity index (χ4n) is 3.34. The summed E-state index contributed by atoms with van der Waals surface area (Å²) < 4.78 is 1.84. The summed E-state index contributed by atoms with van der Waals surface area (Å²) in [5, 5.41) is 5.60. The van der Waals surface area contributed by atoms with E-state index in [0.29, 0.717) is 63.5 Å². The zero-order chi connectivity index (χ0) is 22.1. The van der Waals surface area contributed by atoms with E-state index in [4.69, 9.17) is 0 Å². The van der Waals surface area contributed by atoms with E-state index in [1.807, 2.05) is 9.47 Å². The lowest BCUT2D eigenvalue weighted by Gasteiger charge is -2.34. The van der Waals surface area contributed by atoms with Gasteiger partial charge in [0.25, 0.3) is 5.91 Å². The first kappa shape index (κ1) is 22.2. The van der Waals surface area contributed by atoms with Gasteiger partial charge < -0.3 is 20.1 Å². The molecule has 1 aliphatic rings. The van der Waals surface area contributed by atoms with Crippen LogP contribution in [0.5, 0.6) is 0 Å². The molecule has 1 aliphatic heterocycles. The normalized spacial score (nSPS) is 14.1. The summed E-state index contributed by atoms with van der Waals surface area (Å²) in [5.74, 6) is -0.247. The Labute approximate surface area is 181 Å². The minimum absolute atomic E-state index is 0.0452. The minimum atomic E-state index is -0.123. The predicted molar refractivity (Wildman–Crippen MR) is 117 cm³/mol. The zero-order valence-electron chi connectivity index (χ0n) is 17.5. The van der Waals surface area contributed by atoms with Crippen molar-refractivity contribution in [2.45, 2.75) is 13.0 Å². The van der Waals surface area contributed by atoms with Crippen LogP contribution >= 0.6 is 0 Å². The van der Waals surface area contributed by atoms with Gasteiger partial charge in [0.1, 0.15) is 0 Å². The van der Waals surface area contributed by atoms with Crippen molar-refractivity contribution in [2.75, 3.05) is 44.6 Å². The van der Waals surface area contributed by atoms with Crippen LogP contribution in [0.1, 0.15) is 16.8 Å². The van der Waals surface area contributed by atoms with Crippen molar-refractivity contribution in [3.63, 3.8) is 0 Å². The standard InChI is InChI=1S/C22H28N6O3/c1-2-7-24-21(30)16-26-11-13-28(14-12-26)22(31)18-4-3-5-19(15-18)25-20(29)6-9-27-10-8-23-17-27/h2-5,8,10,15,17H,1,6-7,9,11-14,16H2,(H,24,30)(H,25,29). The lowest BCUT2D eigenvalue weighted by atomic mass is 10.1. The van der Waals surface area contributed by atoms with Gasteiger partial charge in [-0.15, -0.1) is 6.58 Å². The van der Waals surface area contributed by atoms with E-state index in [-0.39, 0.29) is 17.7 Å². The van der Waals surface area contributed by atoms with Crippen LogP contribution in [-0.2, 0) is 16.1 Å².